The molecular formula is C21H20F3N3O2S. The summed E-state index contributed by atoms with van der Waals surface area (Å²) in [6, 6.07) is 8.37. The van der Waals surface area contributed by atoms with Crippen LogP contribution in [0.3, 0.4) is 0 Å². The van der Waals surface area contributed by atoms with Crippen LogP contribution in [-0.2, 0) is 24.1 Å². The molecule has 1 aromatic carbocycles. The average molecular weight is 435 g/mol. The van der Waals surface area contributed by atoms with Gasteiger partial charge in [-0.05, 0) is 43.7 Å². The van der Waals surface area contributed by atoms with E-state index in [1.807, 2.05) is 11.4 Å². The highest BCUT2D eigenvalue weighted by Crippen LogP contribution is 2.32. The Morgan fingerprint density at radius 2 is 2.07 bits per heavy atom. The van der Waals surface area contributed by atoms with Crippen LogP contribution in [0.1, 0.15) is 29.9 Å². The molecule has 3 heterocycles. The van der Waals surface area contributed by atoms with Crippen molar-refractivity contribution in [1.82, 2.24) is 15.2 Å². The van der Waals surface area contributed by atoms with Crippen molar-refractivity contribution in [1.29, 1.82) is 0 Å². The minimum absolute atomic E-state index is 0.0397. The summed E-state index contributed by atoms with van der Waals surface area (Å²) in [4.78, 5) is 19.2. The Balaban J connectivity index is 1.38. The normalized spacial score (nSPS) is 17.4. The van der Waals surface area contributed by atoms with E-state index in [1.165, 1.54) is 23.5 Å². The third-order valence-corrected chi connectivity index (χ3v) is 6.00. The van der Waals surface area contributed by atoms with Crippen molar-refractivity contribution < 1.29 is 22.4 Å². The van der Waals surface area contributed by atoms with Gasteiger partial charge >= 0.3 is 6.18 Å². The topological polar surface area (TPSA) is 58.4 Å². The molecular weight excluding hydrogens is 415 g/mol. The number of carbonyl (C=O) groups is 1. The third-order valence-electron chi connectivity index (χ3n) is 5.06. The maximum absolute atomic E-state index is 12.7. The molecule has 0 aliphatic carbocycles. The number of aromatic nitrogens is 1. The Bertz CT molecular complexity index is 984. The van der Waals surface area contributed by atoms with E-state index in [0.717, 1.165) is 37.2 Å². The molecule has 1 aliphatic rings. The van der Waals surface area contributed by atoms with Crippen LogP contribution < -0.4 is 5.32 Å². The molecule has 4 rings (SSSR count). The zero-order valence-corrected chi connectivity index (χ0v) is 16.8. The van der Waals surface area contributed by atoms with E-state index in [-0.39, 0.29) is 11.9 Å². The van der Waals surface area contributed by atoms with E-state index in [4.69, 9.17) is 4.42 Å². The molecule has 30 heavy (non-hydrogen) atoms. The van der Waals surface area contributed by atoms with Crippen LogP contribution in [0.4, 0.5) is 13.2 Å². The SMILES string of the molecule is O=C(NCc1ccco1)C1CCCN1Cc1csc(-c2ccc(C(F)(F)F)cc2)n1. The van der Waals surface area contributed by atoms with Crippen molar-refractivity contribution in [2.75, 3.05) is 6.54 Å². The number of thiazole rings is 1. The molecule has 1 amide bonds. The van der Waals surface area contributed by atoms with Crippen molar-refractivity contribution in [3.8, 4) is 10.6 Å². The molecule has 1 saturated heterocycles. The zero-order valence-electron chi connectivity index (χ0n) is 16.0. The Kier molecular flexibility index (Phi) is 5.92. The zero-order chi connectivity index (χ0) is 21.1. The van der Waals surface area contributed by atoms with E-state index in [2.05, 4.69) is 15.2 Å². The number of hydrogen-bond acceptors (Lipinski definition) is 5. The number of benzene rings is 1. The van der Waals surface area contributed by atoms with Crippen LogP contribution >= 0.6 is 11.3 Å². The lowest BCUT2D eigenvalue weighted by molar-refractivity contribution is -0.137. The molecule has 0 bridgehead atoms. The lowest BCUT2D eigenvalue weighted by Gasteiger charge is -2.22. The number of hydrogen-bond donors (Lipinski definition) is 1. The summed E-state index contributed by atoms with van der Waals surface area (Å²) in [5.74, 6) is 0.663. The summed E-state index contributed by atoms with van der Waals surface area (Å²) >= 11 is 1.39. The highest BCUT2D eigenvalue weighted by Gasteiger charge is 2.31. The fourth-order valence-electron chi connectivity index (χ4n) is 3.54. The van der Waals surface area contributed by atoms with Crippen molar-refractivity contribution >= 4 is 17.2 Å². The summed E-state index contributed by atoms with van der Waals surface area (Å²) in [5, 5.41) is 5.46. The fourth-order valence-corrected chi connectivity index (χ4v) is 4.36. The minimum atomic E-state index is -4.35. The molecule has 0 saturated carbocycles. The van der Waals surface area contributed by atoms with Crippen LogP contribution in [0.5, 0.6) is 0 Å². The Hall–Kier alpha value is -2.65. The molecule has 0 spiro atoms. The largest absolute Gasteiger partial charge is 0.467 e. The fraction of sp³-hybridized carbons (Fsp3) is 0.333. The monoisotopic (exact) mass is 435 g/mol. The number of rotatable bonds is 6. The Morgan fingerprint density at radius 3 is 2.77 bits per heavy atom. The van der Waals surface area contributed by atoms with Crippen LogP contribution in [0.25, 0.3) is 10.6 Å². The van der Waals surface area contributed by atoms with E-state index in [1.54, 1.807) is 12.3 Å². The van der Waals surface area contributed by atoms with Gasteiger partial charge in [-0.2, -0.15) is 13.2 Å². The summed E-state index contributed by atoms with van der Waals surface area (Å²) in [6.07, 6.45) is -1.08. The highest BCUT2D eigenvalue weighted by atomic mass is 32.1. The molecule has 0 radical (unpaired) electrons. The van der Waals surface area contributed by atoms with E-state index < -0.39 is 11.7 Å². The predicted molar refractivity (Wildman–Crippen MR) is 107 cm³/mol. The molecule has 1 atom stereocenters. The van der Waals surface area contributed by atoms with Crippen LogP contribution in [-0.4, -0.2) is 28.4 Å². The number of alkyl halides is 3. The van der Waals surface area contributed by atoms with Gasteiger partial charge in [-0.3, -0.25) is 9.69 Å². The predicted octanol–water partition coefficient (Wildman–Crippen LogP) is 4.70. The molecule has 5 nitrogen and oxygen atoms in total. The maximum Gasteiger partial charge on any atom is 0.416 e. The number of furan rings is 1. The van der Waals surface area contributed by atoms with Gasteiger partial charge in [0.2, 0.25) is 5.91 Å². The van der Waals surface area contributed by atoms with Gasteiger partial charge in [-0.25, -0.2) is 4.98 Å². The molecule has 9 heteroatoms. The van der Waals surface area contributed by atoms with E-state index >= 15 is 0 Å². The molecule has 1 N–H and O–H groups in total. The van der Waals surface area contributed by atoms with Crippen molar-refractivity contribution in [3.63, 3.8) is 0 Å². The second-order valence-electron chi connectivity index (χ2n) is 7.14. The van der Waals surface area contributed by atoms with Gasteiger partial charge in [-0.1, -0.05) is 12.1 Å². The quantitative estimate of drug-likeness (QED) is 0.610. The number of carbonyl (C=O) groups excluding carboxylic acids is 1. The molecule has 1 fully saturated rings. The first kappa shape index (κ1) is 20.6. The molecule has 1 unspecified atom stereocenters. The first-order valence-electron chi connectivity index (χ1n) is 9.56. The molecule has 2 aromatic heterocycles. The van der Waals surface area contributed by atoms with Gasteiger partial charge in [-0.15, -0.1) is 11.3 Å². The van der Waals surface area contributed by atoms with E-state index in [9.17, 15) is 18.0 Å². The van der Waals surface area contributed by atoms with Crippen molar-refractivity contribution in [3.05, 3.63) is 65.1 Å². The maximum atomic E-state index is 12.7. The second kappa shape index (κ2) is 8.61. The van der Waals surface area contributed by atoms with E-state index in [0.29, 0.717) is 29.4 Å². The van der Waals surface area contributed by atoms with Gasteiger partial charge < -0.3 is 9.73 Å². The molecule has 158 valence electrons. The van der Waals surface area contributed by atoms with Crippen molar-refractivity contribution in [2.45, 2.75) is 38.1 Å². The second-order valence-corrected chi connectivity index (χ2v) is 8.00. The number of halogens is 3. The molecule has 1 aliphatic heterocycles. The smallest absolute Gasteiger partial charge is 0.416 e. The van der Waals surface area contributed by atoms with Gasteiger partial charge in [0.15, 0.2) is 0 Å². The Morgan fingerprint density at radius 1 is 1.27 bits per heavy atom. The van der Waals surface area contributed by atoms with Crippen LogP contribution in [0.2, 0.25) is 0 Å². The Labute approximate surface area is 175 Å². The lowest BCUT2D eigenvalue weighted by atomic mass is 10.1. The summed E-state index contributed by atoms with van der Waals surface area (Å²) in [5.41, 5.74) is 0.776. The summed E-state index contributed by atoms with van der Waals surface area (Å²) in [6.45, 7) is 1.67. The van der Waals surface area contributed by atoms with Gasteiger partial charge in [0.25, 0.3) is 0 Å². The lowest BCUT2D eigenvalue weighted by Crippen LogP contribution is -2.42. The number of nitrogens with one attached hydrogen (secondary N) is 1. The molecule has 3 aromatic rings. The van der Waals surface area contributed by atoms with Gasteiger partial charge in [0.05, 0.1) is 30.1 Å². The summed E-state index contributed by atoms with van der Waals surface area (Å²) < 4.78 is 43.4. The van der Waals surface area contributed by atoms with Gasteiger partial charge in [0.1, 0.15) is 10.8 Å². The standard InChI is InChI=1S/C21H20F3N3O2S/c22-21(23,24)15-7-5-14(6-8-15)20-26-16(13-30-20)12-27-9-1-4-18(27)19(28)25-11-17-3-2-10-29-17/h2-3,5-8,10,13,18H,1,4,9,11-12H2,(H,25,28). The van der Waals surface area contributed by atoms with Gasteiger partial charge in [0, 0.05) is 17.5 Å². The average Bonchev–Trinajstić information content (AvgIpc) is 3.48. The number of nitrogens with zero attached hydrogens (tertiary/aromatic N) is 2. The van der Waals surface area contributed by atoms with Crippen LogP contribution in [0.15, 0.2) is 52.5 Å². The first-order valence-corrected chi connectivity index (χ1v) is 10.4. The van der Waals surface area contributed by atoms with Crippen LogP contribution in [0, 0.1) is 0 Å². The minimum Gasteiger partial charge on any atom is -0.467 e. The first-order chi connectivity index (χ1) is 14.4. The number of likely N-dealkylation sites (tertiary alicyclic amines) is 1. The van der Waals surface area contributed by atoms with Crippen molar-refractivity contribution in [2.24, 2.45) is 0 Å². The highest BCUT2D eigenvalue weighted by molar-refractivity contribution is 7.13. The summed E-state index contributed by atoms with van der Waals surface area (Å²) in [7, 11) is 0. The third kappa shape index (κ3) is 4.73. The number of amides is 1.